The number of imidazole rings is 1. The Balaban J connectivity index is 2.03. The molecule has 3 rings (SSSR count). The molecule has 174 valence electrons. The summed E-state index contributed by atoms with van der Waals surface area (Å²) in [5.74, 6) is -1.11. The highest BCUT2D eigenvalue weighted by Gasteiger charge is 2.28. The zero-order valence-electron chi connectivity index (χ0n) is 17.1. The first-order valence-electron chi connectivity index (χ1n) is 9.71. The highest BCUT2D eigenvalue weighted by Crippen LogP contribution is 2.18. The van der Waals surface area contributed by atoms with Crippen LogP contribution in [-0.4, -0.2) is 70.0 Å². The Kier molecular flexibility index (Phi) is 7.51. The number of aromatic nitrogens is 3. The SMILES string of the molecule is CCOC(=O)/C=c1/s/c(=C/c2nccn2CC(F)(F)F)c(=O)n1CC(=O)N1CCOCC1. The van der Waals surface area contributed by atoms with E-state index in [0.717, 1.165) is 32.7 Å². The van der Waals surface area contributed by atoms with Gasteiger partial charge in [0.2, 0.25) is 5.91 Å². The van der Waals surface area contributed by atoms with E-state index in [1.807, 2.05) is 0 Å². The summed E-state index contributed by atoms with van der Waals surface area (Å²) in [6, 6.07) is 0. The second-order valence-electron chi connectivity index (χ2n) is 6.76. The molecule has 0 saturated carbocycles. The highest BCUT2D eigenvalue weighted by atomic mass is 32.1. The van der Waals surface area contributed by atoms with Crippen molar-refractivity contribution in [1.29, 1.82) is 0 Å². The quantitative estimate of drug-likeness (QED) is 0.534. The number of carbonyl (C=O) groups excluding carboxylic acids is 2. The number of amides is 1. The van der Waals surface area contributed by atoms with Crippen molar-refractivity contribution in [3.8, 4) is 0 Å². The van der Waals surface area contributed by atoms with Gasteiger partial charge in [-0.05, 0) is 6.92 Å². The molecular formula is C19H21F3N4O5S. The molecule has 1 fully saturated rings. The fourth-order valence-corrected chi connectivity index (χ4v) is 4.03. The Morgan fingerprint density at radius 1 is 1.31 bits per heavy atom. The lowest BCUT2D eigenvalue weighted by molar-refractivity contribution is -0.141. The van der Waals surface area contributed by atoms with Crippen LogP contribution in [0.3, 0.4) is 0 Å². The molecule has 0 unspecified atom stereocenters. The van der Waals surface area contributed by atoms with E-state index < -0.39 is 24.2 Å². The molecule has 0 atom stereocenters. The third-order valence-corrected chi connectivity index (χ3v) is 5.54. The summed E-state index contributed by atoms with van der Waals surface area (Å²) in [5.41, 5.74) is -0.617. The number of nitrogens with zero attached hydrogens (tertiary/aromatic N) is 4. The van der Waals surface area contributed by atoms with Crippen LogP contribution in [0.1, 0.15) is 12.7 Å². The lowest BCUT2D eigenvalue weighted by atomic mass is 10.4. The topological polar surface area (TPSA) is 95.7 Å². The molecule has 0 aliphatic carbocycles. The first-order chi connectivity index (χ1) is 15.2. The number of carbonyl (C=O) groups is 2. The normalized spacial score (nSPS) is 15.9. The van der Waals surface area contributed by atoms with Crippen molar-refractivity contribution < 1.29 is 32.2 Å². The Bertz CT molecular complexity index is 1150. The monoisotopic (exact) mass is 474 g/mol. The standard InChI is InChI=1S/C19H21F3N4O5S/c1-2-31-17(28)10-16-26(11-15(27)24-5-7-30-8-6-24)18(29)13(32-16)9-14-23-3-4-25(14)12-19(20,21)22/h3-4,9-10H,2,5-8,11-12H2,1H3/b13-9+,16-10+. The molecular weight excluding hydrogens is 453 g/mol. The average Bonchev–Trinajstić information content (AvgIpc) is 3.27. The van der Waals surface area contributed by atoms with Crippen molar-refractivity contribution in [3.05, 3.63) is 37.8 Å². The molecule has 0 spiro atoms. The van der Waals surface area contributed by atoms with E-state index in [9.17, 15) is 27.6 Å². The lowest BCUT2D eigenvalue weighted by Crippen LogP contribution is -2.45. The number of hydrogen-bond acceptors (Lipinski definition) is 7. The Hall–Kier alpha value is -2.93. The highest BCUT2D eigenvalue weighted by molar-refractivity contribution is 7.07. The number of thiazole rings is 1. The van der Waals surface area contributed by atoms with Gasteiger partial charge in [-0.2, -0.15) is 13.2 Å². The van der Waals surface area contributed by atoms with Gasteiger partial charge in [0.1, 0.15) is 23.6 Å². The van der Waals surface area contributed by atoms with Crippen LogP contribution in [-0.2, 0) is 32.2 Å². The fraction of sp³-hybridized carbons (Fsp3) is 0.474. The molecule has 0 aromatic carbocycles. The molecule has 2 aromatic heterocycles. The van der Waals surface area contributed by atoms with Gasteiger partial charge in [0.25, 0.3) is 5.56 Å². The zero-order chi connectivity index (χ0) is 23.3. The summed E-state index contributed by atoms with van der Waals surface area (Å²) in [4.78, 5) is 43.0. The first kappa shape index (κ1) is 23.7. The van der Waals surface area contributed by atoms with Gasteiger partial charge < -0.3 is 18.9 Å². The van der Waals surface area contributed by atoms with E-state index >= 15 is 0 Å². The smallest absolute Gasteiger partial charge is 0.406 e. The molecule has 13 heteroatoms. The minimum absolute atomic E-state index is 0.0324. The first-order valence-corrected chi connectivity index (χ1v) is 10.5. The van der Waals surface area contributed by atoms with Crippen LogP contribution < -0.4 is 14.8 Å². The molecule has 3 heterocycles. The molecule has 2 aromatic rings. The van der Waals surface area contributed by atoms with Gasteiger partial charge in [-0.3, -0.25) is 14.2 Å². The Labute approximate surface area is 184 Å². The van der Waals surface area contributed by atoms with Crippen LogP contribution in [0.4, 0.5) is 13.2 Å². The minimum Gasteiger partial charge on any atom is -0.463 e. The Morgan fingerprint density at radius 2 is 2.03 bits per heavy atom. The molecule has 1 amide bonds. The van der Waals surface area contributed by atoms with Crippen molar-refractivity contribution in [2.75, 3.05) is 32.9 Å². The van der Waals surface area contributed by atoms with Crippen molar-refractivity contribution in [3.63, 3.8) is 0 Å². The van der Waals surface area contributed by atoms with Gasteiger partial charge >= 0.3 is 12.1 Å². The van der Waals surface area contributed by atoms with E-state index in [0.29, 0.717) is 26.3 Å². The van der Waals surface area contributed by atoms with Gasteiger partial charge in [0.05, 0.1) is 30.4 Å². The van der Waals surface area contributed by atoms with E-state index in [2.05, 4.69) is 4.98 Å². The van der Waals surface area contributed by atoms with E-state index in [-0.39, 0.29) is 34.1 Å². The molecule has 1 saturated heterocycles. The third kappa shape index (κ3) is 6.07. The zero-order valence-corrected chi connectivity index (χ0v) is 17.9. The maximum absolute atomic E-state index is 13.0. The number of rotatable bonds is 6. The summed E-state index contributed by atoms with van der Waals surface area (Å²) in [6.45, 7) is 1.66. The molecule has 0 radical (unpaired) electrons. The molecule has 1 aliphatic heterocycles. The number of halogens is 3. The van der Waals surface area contributed by atoms with E-state index in [1.165, 1.54) is 12.3 Å². The largest absolute Gasteiger partial charge is 0.463 e. The predicted molar refractivity (Wildman–Crippen MR) is 108 cm³/mol. The molecule has 9 nitrogen and oxygen atoms in total. The van der Waals surface area contributed by atoms with Gasteiger partial charge in [-0.15, -0.1) is 11.3 Å². The fourth-order valence-electron chi connectivity index (χ4n) is 3.03. The number of esters is 1. The summed E-state index contributed by atoms with van der Waals surface area (Å²) in [6.07, 6.45) is 0.168. The van der Waals surface area contributed by atoms with Gasteiger partial charge in [-0.1, -0.05) is 0 Å². The maximum Gasteiger partial charge on any atom is 0.406 e. The number of morpholine rings is 1. The second-order valence-corrected chi connectivity index (χ2v) is 7.82. The van der Waals surface area contributed by atoms with Crippen molar-refractivity contribution in [2.24, 2.45) is 0 Å². The van der Waals surface area contributed by atoms with E-state index in [1.54, 1.807) is 11.8 Å². The number of hydrogen-bond donors (Lipinski definition) is 0. The second kappa shape index (κ2) is 10.1. The summed E-state index contributed by atoms with van der Waals surface area (Å²) in [7, 11) is 0. The molecule has 0 N–H and O–H groups in total. The third-order valence-electron chi connectivity index (χ3n) is 4.48. The van der Waals surface area contributed by atoms with Crippen LogP contribution in [0.5, 0.6) is 0 Å². The summed E-state index contributed by atoms with van der Waals surface area (Å²) >= 11 is 0.862. The molecule has 32 heavy (non-hydrogen) atoms. The van der Waals surface area contributed by atoms with E-state index in [4.69, 9.17) is 9.47 Å². The summed E-state index contributed by atoms with van der Waals surface area (Å²) in [5, 5.41) is 0. The van der Waals surface area contributed by atoms with Gasteiger partial charge in [0, 0.05) is 31.6 Å². The van der Waals surface area contributed by atoms with Gasteiger partial charge in [0.15, 0.2) is 0 Å². The lowest BCUT2D eigenvalue weighted by Gasteiger charge is -2.26. The molecule has 0 bridgehead atoms. The van der Waals surface area contributed by atoms with Crippen LogP contribution in [0.25, 0.3) is 12.2 Å². The maximum atomic E-state index is 13.0. The number of ether oxygens (including phenoxy) is 2. The summed E-state index contributed by atoms with van der Waals surface area (Å²) < 4.78 is 50.6. The molecule has 1 aliphatic rings. The minimum atomic E-state index is -4.47. The van der Waals surface area contributed by atoms with Crippen LogP contribution in [0.2, 0.25) is 0 Å². The Morgan fingerprint density at radius 3 is 2.69 bits per heavy atom. The van der Waals surface area contributed by atoms with Crippen molar-refractivity contribution in [2.45, 2.75) is 26.2 Å². The van der Waals surface area contributed by atoms with Crippen molar-refractivity contribution in [1.82, 2.24) is 19.0 Å². The predicted octanol–water partition coefficient (Wildman–Crippen LogP) is -0.300. The average molecular weight is 474 g/mol. The van der Waals surface area contributed by atoms with Crippen LogP contribution >= 0.6 is 11.3 Å². The van der Waals surface area contributed by atoms with Crippen LogP contribution in [0, 0.1) is 0 Å². The van der Waals surface area contributed by atoms with Crippen molar-refractivity contribution >= 4 is 35.4 Å². The number of alkyl halides is 3. The van der Waals surface area contributed by atoms with Gasteiger partial charge in [-0.25, -0.2) is 9.78 Å². The van der Waals surface area contributed by atoms with Crippen LogP contribution in [0.15, 0.2) is 17.2 Å².